The zero-order valence-corrected chi connectivity index (χ0v) is 14.7. The van der Waals surface area contributed by atoms with Crippen molar-refractivity contribution < 1.29 is 23.5 Å². The number of aryl methyl sites for hydroxylation is 1. The number of carbonyl (C=O) groups excluding carboxylic acids is 2. The van der Waals surface area contributed by atoms with Gasteiger partial charge in [0.05, 0.1) is 7.11 Å². The maximum Gasteiger partial charge on any atom is 0.341 e. The number of methoxy groups -OCH3 is 1. The van der Waals surface area contributed by atoms with Crippen LogP contribution in [0.5, 0.6) is 5.75 Å². The third-order valence-electron chi connectivity index (χ3n) is 3.74. The van der Waals surface area contributed by atoms with Crippen molar-refractivity contribution >= 4 is 28.7 Å². The number of oxazole rings is 1. The van der Waals surface area contributed by atoms with Crippen molar-refractivity contribution in [3.63, 3.8) is 0 Å². The van der Waals surface area contributed by atoms with Crippen molar-refractivity contribution in [1.29, 1.82) is 0 Å². The van der Waals surface area contributed by atoms with Crippen molar-refractivity contribution in [2.75, 3.05) is 12.4 Å². The molecule has 0 unspecified atom stereocenters. The molecule has 2 aromatic carbocycles. The summed E-state index contributed by atoms with van der Waals surface area (Å²) in [7, 11) is 1.31. The SMILES string of the molecule is COC(=O)c1cccc2nc(COc3ccc(NC(C)=O)c(C)c3)oc12. The second kappa shape index (κ2) is 7.26. The Morgan fingerprint density at radius 2 is 2.04 bits per heavy atom. The molecule has 7 nitrogen and oxygen atoms in total. The molecule has 7 heteroatoms. The molecule has 0 saturated carbocycles. The molecule has 0 aliphatic carbocycles. The van der Waals surface area contributed by atoms with E-state index in [4.69, 9.17) is 13.9 Å². The molecule has 1 amide bonds. The Labute approximate surface area is 149 Å². The first kappa shape index (κ1) is 17.5. The Morgan fingerprint density at radius 3 is 2.73 bits per heavy atom. The Hall–Kier alpha value is -3.35. The molecule has 0 fully saturated rings. The topological polar surface area (TPSA) is 90.7 Å². The second-order valence-corrected chi connectivity index (χ2v) is 5.70. The Bertz CT molecular complexity index is 977. The summed E-state index contributed by atoms with van der Waals surface area (Å²) in [6, 6.07) is 10.4. The number of benzene rings is 2. The number of hydrogen-bond acceptors (Lipinski definition) is 6. The summed E-state index contributed by atoms with van der Waals surface area (Å²) in [6.45, 7) is 3.44. The third kappa shape index (κ3) is 3.66. The van der Waals surface area contributed by atoms with Crippen molar-refractivity contribution in [3.05, 3.63) is 53.4 Å². The average Bonchev–Trinajstić information content (AvgIpc) is 3.04. The van der Waals surface area contributed by atoms with E-state index >= 15 is 0 Å². The first-order valence-corrected chi connectivity index (χ1v) is 7.95. The van der Waals surface area contributed by atoms with Crippen LogP contribution < -0.4 is 10.1 Å². The minimum Gasteiger partial charge on any atom is -0.484 e. The minimum atomic E-state index is -0.483. The van der Waals surface area contributed by atoms with E-state index < -0.39 is 5.97 Å². The van der Waals surface area contributed by atoms with Gasteiger partial charge in [0.15, 0.2) is 12.2 Å². The van der Waals surface area contributed by atoms with Crippen LogP contribution >= 0.6 is 0 Å². The number of anilines is 1. The van der Waals surface area contributed by atoms with Crippen LogP contribution in [-0.4, -0.2) is 24.0 Å². The fourth-order valence-corrected chi connectivity index (χ4v) is 2.53. The van der Waals surface area contributed by atoms with Gasteiger partial charge in [0, 0.05) is 12.6 Å². The van der Waals surface area contributed by atoms with E-state index in [0.29, 0.717) is 28.3 Å². The van der Waals surface area contributed by atoms with Gasteiger partial charge in [-0.3, -0.25) is 4.79 Å². The highest BCUT2D eigenvalue weighted by Crippen LogP contribution is 2.24. The highest BCUT2D eigenvalue weighted by molar-refractivity contribution is 6.00. The molecular weight excluding hydrogens is 336 g/mol. The lowest BCUT2D eigenvalue weighted by atomic mass is 10.2. The number of hydrogen-bond donors (Lipinski definition) is 1. The highest BCUT2D eigenvalue weighted by Gasteiger charge is 2.16. The number of carbonyl (C=O) groups is 2. The van der Waals surface area contributed by atoms with Gasteiger partial charge in [-0.1, -0.05) is 6.07 Å². The van der Waals surface area contributed by atoms with Crippen LogP contribution in [0, 0.1) is 6.92 Å². The van der Waals surface area contributed by atoms with Crippen LogP contribution in [0.2, 0.25) is 0 Å². The van der Waals surface area contributed by atoms with Crippen LogP contribution in [0.15, 0.2) is 40.8 Å². The average molecular weight is 354 g/mol. The van der Waals surface area contributed by atoms with Gasteiger partial charge < -0.3 is 19.2 Å². The standard InChI is InChI=1S/C19H18N2O5/c1-11-9-13(7-8-15(11)20-12(2)22)25-10-17-21-16-6-4-5-14(18(16)26-17)19(23)24-3/h4-9H,10H2,1-3H3,(H,20,22). The zero-order chi connectivity index (χ0) is 18.7. The first-order valence-electron chi connectivity index (χ1n) is 7.95. The Morgan fingerprint density at radius 1 is 1.23 bits per heavy atom. The number of ether oxygens (including phenoxy) is 2. The van der Waals surface area contributed by atoms with E-state index in [0.717, 1.165) is 11.3 Å². The number of nitrogens with one attached hydrogen (secondary N) is 1. The van der Waals surface area contributed by atoms with Crippen LogP contribution in [0.3, 0.4) is 0 Å². The summed E-state index contributed by atoms with van der Waals surface area (Å²) < 4.78 is 16.1. The molecule has 3 rings (SSSR count). The number of nitrogens with zero attached hydrogens (tertiary/aromatic N) is 1. The first-order chi connectivity index (χ1) is 12.5. The van der Waals surface area contributed by atoms with Crippen molar-refractivity contribution in [1.82, 2.24) is 4.98 Å². The van der Waals surface area contributed by atoms with Gasteiger partial charge in [0.1, 0.15) is 16.8 Å². The number of para-hydroxylation sites is 1. The van der Waals surface area contributed by atoms with Crippen LogP contribution in [0.1, 0.15) is 28.7 Å². The van der Waals surface area contributed by atoms with E-state index in [1.807, 2.05) is 13.0 Å². The molecule has 1 heterocycles. The van der Waals surface area contributed by atoms with Gasteiger partial charge in [-0.05, 0) is 42.8 Å². The van der Waals surface area contributed by atoms with Gasteiger partial charge in [-0.25, -0.2) is 9.78 Å². The smallest absolute Gasteiger partial charge is 0.341 e. The van der Waals surface area contributed by atoms with Gasteiger partial charge in [-0.15, -0.1) is 0 Å². The Balaban J connectivity index is 1.77. The van der Waals surface area contributed by atoms with E-state index in [1.54, 1.807) is 30.3 Å². The van der Waals surface area contributed by atoms with E-state index in [2.05, 4.69) is 10.3 Å². The predicted molar refractivity (Wildman–Crippen MR) is 95.2 cm³/mol. The van der Waals surface area contributed by atoms with E-state index in [1.165, 1.54) is 14.0 Å². The summed E-state index contributed by atoms with van der Waals surface area (Å²) in [6.07, 6.45) is 0. The lowest BCUT2D eigenvalue weighted by molar-refractivity contribution is -0.114. The Kier molecular flexibility index (Phi) is 4.88. The lowest BCUT2D eigenvalue weighted by Gasteiger charge is -2.09. The van der Waals surface area contributed by atoms with Crippen molar-refractivity contribution in [3.8, 4) is 5.75 Å². The maximum atomic E-state index is 11.8. The second-order valence-electron chi connectivity index (χ2n) is 5.70. The quantitative estimate of drug-likeness (QED) is 0.706. The summed E-state index contributed by atoms with van der Waals surface area (Å²) in [5, 5.41) is 2.75. The normalized spacial score (nSPS) is 10.6. The van der Waals surface area contributed by atoms with Gasteiger partial charge in [0.25, 0.3) is 0 Å². The van der Waals surface area contributed by atoms with E-state index in [9.17, 15) is 9.59 Å². The molecular formula is C19H18N2O5. The number of esters is 1. The van der Waals surface area contributed by atoms with Gasteiger partial charge in [0.2, 0.25) is 11.8 Å². The molecule has 0 bridgehead atoms. The summed E-state index contributed by atoms with van der Waals surface area (Å²) in [4.78, 5) is 27.3. The molecule has 0 atom stereocenters. The molecule has 0 radical (unpaired) electrons. The van der Waals surface area contributed by atoms with Gasteiger partial charge in [-0.2, -0.15) is 0 Å². The predicted octanol–water partition coefficient (Wildman–Crippen LogP) is 3.46. The number of aromatic nitrogens is 1. The molecule has 134 valence electrons. The fourth-order valence-electron chi connectivity index (χ4n) is 2.53. The minimum absolute atomic E-state index is 0.105. The number of amides is 1. The lowest BCUT2D eigenvalue weighted by Crippen LogP contribution is -2.07. The molecule has 0 aliphatic heterocycles. The molecule has 3 aromatic rings. The molecule has 26 heavy (non-hydrogen) atoms. The third-order valence-corrected chi connectivity index (χ3v) is 3.74. The monoisotopic (exact) mass is 354 g/mol. The fraction of sp³-hybridized carbons (Fsp3) is 0.211. The molecule has 1 aromatic heterocycles. The number of fused-ring (bicyclic) bond motifs is 1. The van der Waals surface area contributed by atoms with Crippen LogP contribution in [0.25, 0.3) is 11.1 Å². The largest absolute Gasteiger partial charge is 0.484 e. The number of rotatable bonds is 5. The summed E-state index contributed by atoms with van der Waals surface area (Å²) in [5.41, 5.74) is 2.86. The van der Waals surface area contributed by atoms with Gasteiger partial charge >= 0.3 is 5.97 Å². The highest BCUT2D eigenvalue weighted by atomic mass is 16.5. The summed E-state index contributed by atoms with van der Waals surface area (Å²) in [5.74, 6) is 0.352. The van der Waals surface area contributed by atoms with Crippen LogP contribution in [0.4, 0.5) is 5.69 Å². The van der Waals surface area contributed by atoms with Crippen molar-refractivity contribution in [2.45, 2.75) is 20.5 Å². The summed E-state index contributed by atoms with van der Waals surface area (Å²) >= 11 is 0. The maximum absolute atomic E-state index is 11.8. The molecule has 0 aliphatic rings. The van der Waals surface area contributed by atoms with E-state index in [-0.39, 0.29) is 12.5 Å². The van der Waals surface area contributed by atoms with Crippen LogP contribution in [-0.2, 0) is 16.1 Å². The zero-order valence-electron chi connectivity index (χ0n) is 14.7. The molecule has 0 spiro atoms. The molecule has 0 saturated heterocycles. The van der Waals surface area contributed by atoms with Crippen molar-refractivity contribution in [2.24, 2.45) is 0 Å². The molecule has 1 N–H and O–H groups in total.